The number of hydrogen-bond acceptors (Lipinski definition) is 5. The van der Waals surface area contributed by atoms with Crippen molar-refractivity contribution in [3.05, 3.63) is 11.6 Å². The van der Waals surface area contributed by atoms with Gasteiger partial charge in [-0.3, -0.25) is 9.59 Å². The van der Waals surface area contributed by atoms with Crippen molar-refractivity contribution < 1.29 is 23.9 Å². The van der Waals surface area contributed by atoms with Gasteiger partial charge in [0.15, 0.2) is 0 Å². The van der Waals surface area contributed by atoms with E-state index in [0.29, 0.717) is 5.57 Å². The number of allylic oxidation sites excluding steroid dienone is 1. The van der Waals surface area contributed by atoms with Gasteiger partial charge in [0.1, 0.15) is 25.4 Å². The van der Waals surface area contributed by atoms with Crippen LogP contribution in [0.25, 0.3) is 0 Å². The molecule has 18 heavy (non-hydrogen) atoms. The second kappa shape index (κ2) is 9.39. The van der Waals surface area contributed by atoms with Crippen LogP contribution in [0.5, 0.6) is 0 Å². The van der Waals surface area contributed by atoms with Gasteiger partial charge in [0.05, 0.1) is 0 Å². The summed E-state index contributed by atoms with van der Waals surface area (Å²) in [5.41, 5.74) is 0.548. The van der Waals surface area contributed by atoms with Gasteiger partial charge in [0, 0.05) is 5.57 Å². The van der Waals surface area contributed by atoms with E-state index in [0.717, 1.165) is 12.8 Å². The van der Waals surface area contributed by atoms with Crippen LogP contribution in [0.4, 0.5) is 0 Å². The first kappa shape index (κ1) is 16.4. The maximum absolute atomic E-state index is 11.4. The van der Waals surface area contributed by atoms with Crippen LogP contribution in [0, 0.1) is 0 Å². The molecule has 0 spiro atoms. The Morgan fingerprint density at radius 1 is 1.06 bits per heavy atom. The van der Waals surface area contributed by atoms with Crippen LogP contribution in [-0.2, 0) is 23.9 Å². The van der Waals surface area contributed by atoms with E-state index in [1.54, 1.807) is 6.92 Å². The van der Waals surface area contributed by atoms with Crippen LogP contribution < -0.4 is 0 Å². The topological polar surface area (TPSA) is 69.7 Å². The van der Waals surface area contributed by atoms with E-state index in [1.807, 2.05) is 13.0 Å². The Morgan fingerprint density at radius 3 is 2.22 bits per heavy atom. The van der Waals surface area contributed by atoms with Crippen molar-refractivity contribution in [3.63, 3.8) is 0 Å². The van der Waals surface area contributed by atoms with Gasteiger partial charge >= 0.3 is 11.9 Å². The molecule has 0 amide bonds. The Kier molecular flexibility index (Phi) is 8.53. The predicted octanol–water partition coefficient (Wildman–Crippen LogP) is 1.80. The number of hydrogen-bond donors (Lipinski definition) is 0. The van der Waals surface area contributed by atoms with Crippen molar-refractivity contribution in [3.8, 4) is 0 Å². The summed E-state index contributed by atoms with van der Waals surface area (Å²) in [5, 5.41) is 0. The molecule has 0 atom stereocenters. The molecule has 0 radical (unpaired) electrons. The van der Waals surface area contributed by atoms with Crippen molar-refractivity contribution in [1.29, 1.82) is 0 Å². The van der Waals surface area contributed by atoms with E-state index in [-0.39, 0.29) is 25.4 Å². The van der Waals surface area contributed by atoms with Crippen molar-refractivity contribution in [2.45, 2.75) is 40.0 Å². The van der Waals surface area contributed by atoms with Crippen molar-refractivity contribution in [2.24, 2.45) is 0 Å². The van der Waals surface area contributed by atoms with Gasteiger partial charge in [-0.05, 0) is 20.3 Å². The molecule has 0 heterocycles. The zero-order chi connectivity index (χ0) is 14.0. The molecule has 0 rings (SSSR count). The van der Waals surface area contributed by atoms with Gasteiger partial charge in [-0.2, -0.15) is 0 Å². The molecule has 0 aliphatic carbocycles. The second-order valence-corrected chi connectivity index (χ2v) is 3.91. The smallest absolute Gasteiger partial charge is 0.333 e. The van der Waals surface area contributed by atoms with E-state index in [4.69, 9.17) is 9.47 Å². The molecule has 0 saturated heterocycles. The maximum atomic E-state index is 11.4. The first-order chi connectivity index (χ1) is 8.47. The van der Waals surface area contributed by atoms with E-state index in [9.17, 15) is 14.4 Å². The molecule has 0 aromatic rings. The average molecular weight is 256 g/mol. The molecule has 5 heteroatoms. The molecule has 0 aliphatic rings. The Hall–Kier alpha value is -1.65. The molecule has 0 unspecified atom stereocenters. The molecule has 0 aromatic heterocycles. The van der Waals surface area contributed by atoms with E-state index < -0.39 is 11.9 Å². The Morgan fingerprint density at radius 2 is 1.67 bits per heavy atom. The summed E-state index contributed by atoms with van der Waals surface area (Å²) in [6.07, 6.45) is 3.36. The molecular weight excluding hydrogens is 236 g/mol. The summed E-state index contributed by atoms with van der Waals surface area (Å²) in [5.74, 6) is -1.27. The number of ether oxygens (including phenoxy) is 2. The van der Waals surface area contributed by atoms with Gasteiger partial charge in [-0.1, -0.05) is 19.4 Å². The maximum Gasteiger partial charge on any atom is 0.333 e. The standard InChI is InChI=1S/C13H20O5/c1-4-5-6-10(2)13(16)18-8-7-17-12(15)9-11(3)14/h6H,4-5,7-9H2,1-3H3. The summed E-state index contributed by atoms with van der Waals surface area (Å²) in [6, 6.07) is 0. The quantitative estimate of drug-likeness (QED) is 0.286. The molecule has 0 aromatic carbocycles. The van der Waals surface area contributed by atoms with Gasteiger partial charge in [-0.25, -0.2) is 4.79 Å². The van der Waals surface area contributed by atoms with Gasteiger partial charge in [0.25, 0.3) is 0 Å². The third kappa shape index (κ3) is 8.50. The fraction of sp³-hybridized carbons (Fsp3) is 0.615. The first-order valence-electron chi connectivity index (χ1n) is 5.96. The monoisotopic (exact) mass is 256 g/mol. The summed E-state index contributed by atoms with van der Waals surface area (Å²) >= 11 is 0. The lowest BCUT2D eigenvalue weighted by Crippen LogP contribution is -2.15. The van der Waals surface area contributed by atoms with E-state index in [2.05, 4.69) is 0 Å². The van der Waals surface area contributed by atoms with Crippen LogP contribution in [0.1, 0.15) is 40.0 Å². The Bertz CT molecular complexity index is 330. The number of carbonyl (C=O) groups is 3. The van der Waals surface area contributed by atoms with Crippen LogP contribution in [-0.4, -0.2) is 30.9 Å². The highest BCUT2D eigenvalue weighted by Gasteiger charge is 2.08. The van der Waals surface area contributed by atoms with Gasteiger partial charge in [0.2, 0.25) is 0 Å². The lowest BCUT2D eigenvalue weighted by atomic mass is 10.2. The summed E-state index contributed by atoms with van der Waals surface area (Å²) < 4.78 is 9.59. The fourth-order valence-corrected chi connectivity index (χ4v) is 1.10. The number of esters is 2. The fourth-order valence-electron chi connectivity index (χ4n) is 1.10. The minimum atomic E-state index is -0.600. The number of ketones is 1. The molecule has 0 N–H and O–H groups in total. The van der Waals surface area contributed by atoms with Crippen molar-refractivity contribution in [2.75, 3.05) is 13.2 Å². The largest absolute Gasteiger partial charge is 0.462 e. The van der Waals surface area contributed by atoms with Crippen molar-refractivity contribution in [1.82, 2.24) is 0 Å². The molecule has 0 aliphatic heterocycles. The van der Waals surface area contributed by atoms with Crippen LogP contribution in [0.2, 0.25) is 0 Å². The first-order valence-corrected chi connectivity index (χ1v) is 5.96. The number of Topliss-reactive ketones (excluding diaryl/α,β-unsaturated/α-hetero) is 1. The number of rotatable bonds is 8. The molecular formula is C13H20O5. The normalized spacial score (nSPS) is 10.9. The van der Waals surface area contributed by atoms with Gasteiger partial charge in [-0.15, -0.1) is 0 Å². The van der Waals surface area contributed by atoms with Crippen LogP contribution >= 0.6 is 0 Å². The predicted molar refractivity (Wildman–Crippen MR) is 65.9 cm³/mol. The molecule has 0 fully saturated rings. The lowest BCUT2D eigenvalue weighted by Gasteiger charge is -2.06. The summed E-state index contributed by atoms with van der Waals surface area (Å²) in [7, 11) is 0. The SMILES string of the molecule is CCCC=C(C)C(=O)OCCOC(=O)CC(C)=O. The molecule has 0 bridgehead atoms. The second-order valence-electron chi connectivity index (χ2n) is 3.91. The van der Waals surface area contributed by atoms with E-state index >= 15 is 0 Å². The highest BCUT2D eigenvalue weighted by atomic mass is 16.6. The molecule has 102 valence electrons. The zero-order valence-electron chi connectivity index (χ0n) is 11.2. The van der Waals surface area contributed by atoms with Gasteiger partial charge < -0.3 is 9.47 Å². The zero-order valence-corrected chi connectivity index (χ0v) is 11.2. The Labute approximate surface area is 107 Å². The van der Waals surface area contributed by atoms with Crippen LogP contribution in [0.15, 0.2) is 11.6 Å². The highest BCUT2D eigenvalue weighted by molar-refractivity contribution is 5.94. The highest BCUT2D eigenvalue weighted by Crippen LogP contribution is 2.00. The minimum Gasteiger partial charge on any atom is -0.462 e. The van der Waals surface area contributed by atoms with E-state index in [1.165, 1.54) is 6.92 Å². The molecule has 0 saturated carbocycles. The number of carbonyl (C=O) groups excluding carboxylic acids is 3. The van der Waals surface area contributed by atoms with Crippen LogP contribution in [0.3, 0.4) is 0 Å². The molecule has 5 nitrogen and oxygen atoms in total. The summed E-state index contributed by atoms with van der Waals surface area (Å²) in [4.78, 5) is 33.0. The average Bonchev–Trinajstić information content (AvgIpc) is 2.30. The Balaban J connectivity index is 3.75. The van der Waals surface area contributed by atoms with Crippen molar-refractivity contribution >= 4 is 17.7 Å². The number of unbranched alkanes of at least 4 members (excludes halogenated alkanes) is 1. The lowest BCUT2D eigenvalue weighted by molar-refractivity contribution is -0.151. The minimum absolute atomic E-state index is 0.000215. The third-order valence-electron chi connectivity index (χ3n) is 2.03. The third-order valence-corrected chi connectivity index (χ3v) is 2.03. The summed E-state index contributed by atoms with van der Waals surface area (Å²) in [6.45, 7) is 4.98.